The SMILES string of the molecule is C[C@@H]1S[C@@]23OC4(CCCC4)[C@@H]1C(=O)N2C(c1ccccc1)CS3. The highest BCUT2D eigenvalue weighted by molar-refractivity contribution is 8.18. The molecule has 2 bridgehead atoms. The number of fused-ring (bicyclic) bond motifs is 1. The van der Waals surface area contributed by atoms with Crippen LogP contribution in [-0.4, -0.2) is 31.8 Å². The summed E-state index contributed by atoms with van der Waals surface area (Å²) in [5.74, 6) is 1.29. The Morgan fingerprint density at radius 3 is 2.70 bits per heavy atom. The molecule has 2 spiro atoms. The minimum atomic E-state index is -0.490. The Morgan fingerprint density at radius 2 is 1.96 bits per heavy atom. The summed E-state index contributed by atoms with van der Waals surface area (Å²) in [5.41, 5.74) is 1.05. The Hall–Kier alpha value is -0.650. The van der Waals surface area contributed by atoms with E-state index in [0.717, 1.165) is 18.6 Å². The number of hydrogen-bond donors (Lipinski definition) is 0. The molecule has 5 aliphatic rings. The molecule has 1 aromatic rings. The van der Waals surface area contributed by atoms with E-state index in [0.29, 0.717) is 11.2 Å². The monoisotopic (exact) mass is 347 g/mol. The van der Waals surface area contributed by atoms with Gasteiger partial charge in [-0.15, -0.1) is 0 Å². The quantitative estimate of drug-likeness (QED) is 0.768. The Bertz CT molecular complexity index is 646. The summed E-state index contributed by atoms with van der Waals surface area (Å²) in [5, 5.41) is 0.354. The van der Waals surface area contributed by atoms with Crippen molar-refractivity contribution in [1.82, 2.24) is 4.90 Å². The number of nitrogens with zero attached hydrogens (tertiary/aromatic N) is 1. The Balaban J connectivity index is 1.58. The van der Waals surface area contributed by atoms with Crippen molar-refractivity contribution in [3.05, 3.63) is 35.9 Å². The lowest BCUT2D eigenvalue weighted by atomic mass is 9.80. The van der Waals surface area contributed by atoms with Crippen molar-refractivity contribution in [2.24, 2.45) is 5.92 Å². The molecule has 0 aromatic heterocycles. The van der Waals surface area contributed by atoms with Gasteiger partial charge in [0.2, 0.25) is 10.3 Å². The van der Waals surface area contributed by atoms with Gasteiger partial charge in [0.25, 0.3) is 0 Å². The molecule has 4 saturated heterocycles. The van der Waals surface area contributed by atoms with Crippen LogP contribution < -0.4 is 0 Å². The zero-order valence-corrected chi connectivity index (χ0v) is 14.9. The van der Waals surface area contributed by atoms with Crippen LogP contribution in [0.1, 0.15) is 44.2 Å². The summed E-state index contributed by atoms with van der Waals surface area (Å²) in [6.07, 6.45) is 4.51. The van der Waals surface area contributed by atoms with Gasteiger partial charge in [-0.1, -0.05) is 73.6 Å². The van der Waals surface area contributed by atoms with Crippen molar-refractivity contribution >= 4 is 29.4 Å². The molecular weight excluding hydrogens is 326 g/mol. The molecule has 1 aliphatic carbocycles. The number of hydrogen-bond acceptors (Lipinski definition) is 4. The molecule has 122 valence electrons. The van der Waals surface area contributed by atoms with Gasteiger partial charge < -0.3 is 4.74 Å². The highest BCUT2D eigenvalue weighted by Crippen LogP contribution is 2.67. The summed E-state index contributed by atoms with van der Waals surface area (Å²) >= 11 is 3.69. The largest absolute Gasteiger partial charge is 0.330 e. The Kier molecular flexibility index (Phi) is 3.14. The summed E-state index contributed by atoms with van der Waals surface area (Å²) in [4.78, 5) is 15.5. The summed E-state index contributed by atoms with van der Waals surface area (Å²) in [7, 11) is 0. The molecule has 5 heteroatoms. The highest BCUT2D eigenvalue weighted by atomic mass is 32.2. The highest BCUT2D eigenvalue weighted by Gasteiger charge is 2.70. The summed E-state index contributed by atoms with van der Waals surface area (Å²) in [6.45, 7) is 2.23. The topological polar surface area (TPSA) is 29.5 Å². The van der Waals surface area contributed by atoms with Crippen molar-refractivity contribution in [3.8, 4) is 0 Å². The third-order valence-corrected chi connectivity index (χ3v) is 8.86. The lowest BCUT2D eigenvalue weighted by Crippen LogP contribution is -2.69. The molecule has 4 atom stereocenters. The average molecular weight is 348 g/mol. The average Bonchev–Trinajstić information content (AvgIpc) is 3.13. The van der Waals surface area contributed by atoms with Gasteiger partial charge >= 0.3 is 0 Å². The molecule has 0 N–H and O–H groups in total. The van der Waals surface area contributed by atoms with Crippen molar-refractivity contribution in [1.29, 1.82) is 0 Å². The molecule has 5 fully saturated rings. The van der Waals surface area contributed by atoms with E-state index >= 15 is 0 Å². The van der Waals surface area contributed by atoms with Crippen LogP contribution >= 0.6 is 23.5 Å². The Morgan fingerprint density at radius 1 is 1.22 bits per heavy atom. The van der Waals surface area contributed by atoms with E-state index in [2.05, 4.69) is 36.1 Å². The minimum absolute atomic E-state index is 0.0294. The number of amides is 1. The fourth-order valence-corrected chi connectivity index (χ4v) is 8.67. The van der Waals surface area contributed by atoms with Gasteiger partial charge in [0.05, 0.1) is 17.6 Å². The lowest BCUT2D eigenvalue weighted by Gasteiger charge is -2.60. The Labute approximate surface area is 145 Å². The normalized spacial score (nSPS) is 40.8. The second-order valence-electron chi connectivity index (χ2n) is 7.14. The van der Waals surface area contributed by atoms with E-state index in [4.69, 9.17) is 4.74 Å². The number of thioether (sulfide) groups is 2. The molecule has 4 heterocycles. The van der Waals surface area contributed by atoms with Crippen molar-refractivity contribution in [2.75, 3.05) is 5.75 Å². The van der Waals surface area contributed by atoms with Crippen LogP contribution in [0.2, 0.25) is 0 Å². The standard InChI is InChI=1S/C18H21NO2S2/c1-12-15-16(20)19-14(13-7-3-2-4-8-13)11-22-18(19,23-12)21-17(15)9-5-6-10-17/h2-4,7-8,12,14-15H,5-6,9-11H2,1H3/t12-,14?,15-,18+/m0/s1. The number of ether oxygens (including phenoxy) is 1. The van der Waals surface area contributed by atoms with Gasteiger partial charge in [0, 0.05) is 11.0 Å². The predicted molar refractivity (Wildman–Crippen MR) is 94.0 cm³/mol. The van der Waals surface area contributed by atoms with Gasteiger partial charge in [0.1, 0.15) is 0 Å². The van der Waals surface area contributed by atoms with Crippen LogP contribution in [0.3, 0.4) is 0 Å². The zero-order valence-electron chi connectivity index (χ0n) is 13.2. The molecule has 0 radical (unpaired) electrons. The number of rotatable bonds is 1. The number of carbonyl (C=O) groups excluding carboxylic acids is 1. The lowest BCUT2D eigenvalue weighted by molar-refractivity contribution is -0.217. The molecule has 1 aromatic carbocycles. The zero-order chi connectivity index (χ0) is 15.7. The van der Waals surface area contributed by atoms with E-state index in [1.807, 2.05) is 29.6 Å². The van der Waals surface area contributed by atoms with E-state index in [1.165, 1.54) is 18.4 Å². The fourth-order valence-electron chi connectivity index (χ4n) is 4.93. The van der Waals surface area contributed by atoms with E-state index in [9.17, 15) is 4.79 Å². The third-order valence-electron chi connectivity index (χ3n) is 5.87. The first-order valence-corrected chi connectivity index (χ1v) is 10.4. The second-order valence-corrected chi connectivity index (χ2v) is 10.1. The first-order valence-electron chi connectivity index (χ1n) is 8.55. The molecule has 6 rings (SSSR count). The van der Waals surface area contributed by atoms with Crippen molar-refractivity contribution in [3.63, 3.8) is 0 Å². The van der Waals surface area contributed by atoms with Crippen molar-refractivity contribution in [2.45, 2.75) is 53.9 Å². The smallest absolute Gasteiger partial charge is 0.243 e. The maximum atomic E-state index is 13.4. The van der Waals surface area contributed by atoms with Crippen LogP contribution in [0, 0.1) is 5.92 Å². The molecular formula is C18H21NO2S2. The first-order chi connectivity index (χ1) is 11.2. The van der Waals surface area contributed by atoms with Gasteiger partial charge in [-0.25, -0.2) is 0 Å². The van der Waals surface area contributed by atoms with Gasteiger partial charge in [-0.3, -0.25) is 9.69 Å². The van der Waals surface area contributed by atoms with Gasteiger partial charge in [-0.05, 0) is 18.4 Å². The minimum Gasteiger partial charge on any atom is -0.330 e. The van der Waals surface area contributed by atoms with Crippen LogP contribution in [0.15, 0.2) is 30.3 Å². The fraction of sp³-hybridized carbons (Fsp3) is 0.611. The van der Waals surface area contributed by atoms with Gasteiger partial charge in [0.15, 0.2) is 0 Å². The molecule has 4 aliphatic heterocycles. The van der Waals surface area contributed by atoms with E-state index in [1.54, 1.807) is 0 Å². The van der Waals surface area contributed by atoms with E-state index < -0.39 is 4.39 Å². The molecule has 3 nitrogen and oxygen atoms in total. The molecule has 23 heavy (non-hydrogen) atoms. The molecule has 1 amide bonds. The van der Waals surface area contributed by atoms with Crippen LogP contribution in [0.4, 0.5) is 0 Å². The van der Waals surface area contributed by atoms with Crippen LogP contribution in [0.5, 0.6) is 0 Å². The van der Waals surface area contributed by atoms with Crippen molar-refractivity contribution < 1.29 is 9.53 Å². The maximum Gasteiger partial charge on any atom is 0.243 e. The summed E-state index contributed by atoms with van der Waals surface area (Å²) in [6, 6.07) is 10.6. The maximum absolute atomic E-state index is 13.4. The molecule has 1 saturated carbocycles. The van der Waals surface area contributed by atoms with E-state index in [-0.39, 0.29) is 17.6 Å². The third kappa shape index (κ3) is 1.87. The first kappa shape index (κ1) is 14.7. The summed E-state index contributed by atoms with van der Waals surface area (Å²) < 4.78 is 6.28. The van der Waals surface area contributed by atoms with Gasteiger partial charge in [-0.2, -0.15) is 0 Å². The number of carbonyl (C=O) groups is 1. The second kappa shape index (κ2) is 4.93. The molecule has 1 unspecified atom stereocenters. The number of benzene rings is 1. The predicted octanol–water partition coefficient (Wildman–Crippen LogP) is 4.01. The van der Waals surface area contributed by atoms with Crippen LogP contribution in [-0.2, 0) is 9.53 Å². The van der Waals surface area contributed by atoms with Crippen LogP contribution in [0.25, 0.3) is 0 Å².